The Morgan fingerprint density at radius 2 is 2.07 bits per heavy atom. The van der Waals surface area contributed by atoms with Crippen LogP contribution in [0, 0.1) is 0 Å². The second-order valence-electron chi connectivity index (χ2n) is 6.13. The zero-order valence-corrected chi connectivity index (χ0v) is 15.4. The number of fused-ring (bicyclic) bond motifs is 1. The Morgan fingerprint density at radius 1 is 1.37 bits per heavy atom. The minimum absolute atomic E-state index is 0.0868. The van der Waals surface area contributed by atoms with E-state index >= 15 is 0 Å². The summed E-state index contributed by atoms with van der Waals surface area (Å²) in [5.41, 5.74) is 7.74. The number of anilines is 3. The third-order valence-electron chi connectivity index (χ3n) is 4.53. The van der Waals surface area contributed by atoms with E-state index in [4.69, 9.17) is 11.6 Å². The van der Waals surface area contributed by atoms with Crippen molar-refractivity contribution in [2.24, 2.45) is 11.6 Å². The summed E-state index contributed by atoms with van der Waals surface area (Å²) in [6.45, 7) is 6.05. The molecule has 140 valence electrons. The molecule has 1 aliphatic heterocycles. The number of hydrazine groups is 1. The molecular formula is C19H23N7O. The third-order valence-corrected chi connectivity index (χ3v) is 4.53. The van der Waals surface area contributed by atoms with Crippen LogP contribution in [0.25, 0.3) is 5.70 Å². The summed E-state index contributed by atoms with van der Waals surface area (Å²) in [4.78, 5) is 24.7. The molecule has 0 aliphatic carbocycles. The van der Waals surface area contributed by atoms with Gasteiger partial charge in [0.15, 0.2) is 5.82 Å². The molecule has 2 heterocycles. The van der Waals surface area contributed by atoms with Crippen LogP contribution in [0.15, 0.2) is 55.5 Å². The molecule has 1 unspecified atom stereocenters. The van der Waals surface area contributed by atoms with E-state index in [9.17, 15) is 4.79 Å². The molecule has 0 saturated heterocycles. The smallest absolute Gasteiger partial charge is 0.251 e. The zero-order chi connectivity index (χ0) is 19.6. The minimum Gasteiger partial charge on any atom is -0.403 e. The van der Waals surface area contributed by atoms with Crippen LogP contribution in [0.1, 0.15) is 18.9 Å². The molecule has 8 nitrogen and oxygen atoms in total. The summed E-state index contributed by atoms with van der Waals surface area (Å²) < 4.78 is 0. The molecule has 0 saturated carbocycles. The average Bonchev–Trinajstić information content (AvgIpc) is 2.70. The number of benzene rings is 1. The Morgan fingerprint density at radius 3 is 2.70 bits per heavy atom. The van der Waals surface area contributed by atoms with E-state index in [0.29, 0.717) is 29.6 Å². The minimum atomic E-state index is -0.471. The number of carbonyl (C=O) groups excluding carboxylic acids is 1. The van der Waals surface area contributed by atoms with Gasteiger partial charge < -0.3 is 10.6 Å². The fraction of sp³-hybridized carbons (Fsp3) is 0.211. The maximum absolute atomic E-state index is 12.4. The lowest BCUT2D eigenvalue weighted by atomic mass is 10.1. The van der Waals surface area contributed by atoms with E-state index in [1.807, 2.05) is 37.3 Å². The van der Waals surface area contributed by atoms with Crippen LogP contribution in [0.5, 0.6) is 0 Å². The van der Waals surface area contributed by atoms with Gasteiger partial charge in [0.2, 0.25) is 5.95 Å². The Bertz CT molecular complexity index is 881. The molecule has 1 aromatic heterocycles. The van der Waals surface area contributed by atoms with Crippen molar-refractivity contribution in [1.82, 2.24) is 9.97 Å². The SMILES string of the molecule is C=C(c1ccccc1)N(/C=C\N)c1ncc2c(n1)N(N)C(CC)C(=O)N2C. The van der Waals surface area contributed by atoms with Crippen LogP contribution in [-0.2, 0) is 4.79 Å². The van der Waals surface area contributed by atoms with E-state index in [2.05, 4.69) is 16.5 Å². The first-order chi connectivity index (χ1) is 13.0. The fourth-order valence-electron chi connectivity index (χ4n) is 3.01. The molecule has 1 atom stereocenters. The molecule has 1 aliphatic rings. The van der Waals surface area contributed by atoms with Gasteiger partial charge in [-0.1, -0.05) is 43.8 Å². The number of likely N-dealkylation sites (N-methyl/N-ethyl adjacent to an activating group) is 1. The average molecular weight is 365 g/mol. The summed E-state index contributed by atoms with van der Waals surface area (Å²) in [5.74, 6) is 6.94. The highest BCUT2D eigenvalue weighted by Crippen LogP contribution is 2.34. The summed E-state index contributed by atoms with van der Waals surface area (Å²) >= 11 is 0. The van der Waals surface area contributed by atoms with Gasteiger partial charge in [-0.2, -0.15) is 4.98 Å². The highest BCUT2D eigenvalue weighted by atomic mass is 16.2. The Kier molecular flexibility index (Phi) is 5.09. The number of hydrogen-bond acceptors (Lipinski definition) is 7. The molecule has 8 heteroatoms. The molecule has 4 N–H and O–H groups in total. The zero-order valence-electron chi connectivity index (χ0n) is 15.4. The fourth-order valence-corrected chi connectivity index (χ4v) is 3.01. The third kappa shape index (κ3) is 3.22. The van der Waals surface area contributed by atoms with Crippen molar-refractivity contribution in [2.75, 3.05) is 21.9 Å². The van der Waals surface area contributed by atoms with E-state index in [1.54, 1.807) is 24.3 Å². The normalized spacial score (nSPS) is 16.6. The lowest BCUT2D eigenvalue weighted by Crippen LogP contribution is -2.55. The summed E-state index contributed by atoms with van der Waals surface area (Å²) in [7, 11) is 1.69. The van der Waals surface area contributed by atoms with Crippen LogP contribution in [0.2, 0.25) is 0 Å². The first-order valence-corrected chi connectivity index (χ1v) is 8.60. The second kappa shape index (κ2) is 7.46. The summed E-state index contributed by atoms with van der Waals surface area (Å²) in [6, 6.07) is 9.18. The van der Waals surface area contributed by atoms with Gasteiger partial charge >= 0.3 is 0 Å². The lowest BCUT2D eigenvalue weighted by molar-refractivity contribution is -0.120. The molecule has 1 amide bonds. The maximum atomic E-state index is 12.4. The van der Waals surface area contributed by atoms with Crippen LogP contribution in [0.3, 0.4) is 0 Å². The first kappa shape index (κ1) is 18.4. The molecule has 3 rings (SSSR count). The molecule has 0 fully saturated rings. The number of amides is 1. The van der Waals surface area contributed by atoms with Gasteiger partial charge in [-0.15, -0.1) is 0 Å². The van der Waals surface area contributed by atoms with Gasteiger partial charge in [0.25, 0.3) is 5.91 Å². The Labute approximate surface area is 158 Å². The van der Waals surface area contributed by atoms with Crippen LogP contribution < -0.4 is 26.4 Å². The highest BCUT2D eigenvalue weighted by molar-refractivity contribution is 6.04. The largest absolute Gasteiger partial charge is 0.403 e. The van der Waals surface area contributed by atoms with Crippen molar-refractivity contribution in [3.05, 3.63) is 61.1 Å². The number of aromatic nitrogens is 2. The molecule has 1 aromatic carbocycles. The Hall–Kier alpha value is -3.39. The monoisotopic (exact) mass is 365 g/mol. The molecular weight excluding hydrogens is 342 g/mol. The van der Waals surface area contributed by atoms with Crippen LogP contribution in [-0.4, -0.2) is 29.0 Å². The van der Waals surface area contributed by atoms with Gasteiger partial charge in [-0.25, -0.2) is 10.8 Å². The molecule has 0 radical (unpaired) electrons. The lowest BCUT2D eigenvalue weighted by Gasteiger charge is -2.37. The van der Waals surface area contributed by atoms with E-state index in [-0.39, 0.29) is 5.91 Å². The van der Waals surface area contributed by atoms with Gasteiger partial charge in [0.05, 0.1) is 6.20 Å². The van der Waals surface area contributed by atoms with Crippen LogP contribution >= 0.6 is 0 Å². The topological polar surface area (TPSA) is 105 Å². The van der Waals surface area contributed by atoms with Crippen molar-refractivity contribution in [1.29, 1.82) is 0 Å². The van der Waals surface area contributed by atoms with Crippen molar-refractivity contribution >= 4 is 29.1 Å². The number of carbonyl (C=O) groups is 1. The Balaban J connectivity index is 2.05. The van der Waals surface area contributed by atoms with Crippen molar-refractivity contribution in [2.45, 2.75) is 19.4 Å². The number of nitrogens with zero attached hydrogens (tertiary/aromatic N) is 5. The van der Waals surface area contributed by atoms with E-state index in [0.717, 1.165) is 5.56 Å². The number of rotatable bonds is 5. The predicted octanol–water partition coefficient (Wildman–Crippen LogP) is 1.82. The van der Waals surface area contributed by atoms with Gasteiger partial charge in [-0.3, -0.25) is 14.7 Å². The quantitative estimate of drug-likeness (QED) is 0.779. The number of nitrogens with two attached hydrogens (primary N) is 2. The van der Waals surface area contributed by atoms with Crippen molar-refractivity contribution in [3.8, 4) is 0 Å². The van der Waals surface area contributed by atoms with Gasteiger partial charge in [0.1, 0.15) is 11.7 Å². The predicted molar refractivity (Wildman–Crippen MR) is 107 cm³/mol. The molecule has 27 heavy (non-hydrogen) atoms. The summed E-state index contributed by atoms with van der Waals surface area (Å²) in [5, 5.41) is 1.40. The van der Waals surface area contributed by atoms with Gasteiger partial charge in [-0.05, 0) is 12.0 Å². The van der Waals surface area contributed by atoms with E-state index < -0.39 is 6.04 Å². The number of hydrogen-bond donors (Lipinski definition) is 2. The van der Waals surface area contributed by atoms with Crippen molar-refractivity contribution < 1.29 is 4.79 Å². The second-order valence-corrected chi connectivity index (χ2v) is 6.13. The van der Waals surface area contributed by atoms with Gasteiger partial charge in [0, 0.05) is 25.1 Å². The van der Waals surface area contributed by atoms with Crippen LogP contribution in [0.4, 0.5) is 17.5 Å². The highest BCUT2D eigenvalue weighted by Gasteiger charge is 2.36. The molecule has 0 spiro atoms. The van der Waals surface area contributed by atoms with E-state index in [1.165, 1.54) is 16.1 Å². The maximum Gasteiger partial charge on any atom is 0.251 e. The summed E-state index contributed by atoms with van der Waals surface area (Å²) in [6.07, 6.45) is 5.17. The van der Waals surface area contributed by atoms with Crippen molar-refractivity contribution in [3.63, 3.8) is 0 Å². The molecule has 2 aromatic rings. The first-order valence-electron chi connectivity index (χ1n) is 8.60. The molecule has 0 bridgehead atoms. The standard InChI is InChI=1S/C19H23N7O/c1-4-15-18(27)24(3)16-12-22-19(23-17(16)26(15)21)25(11-10-20)13(2)14-8-6-5-7-9-14/h5-12,15H,2,4,20-21H2,1,3H3/b11-10-.